The Labute approximate surface area is 114 Å². The molecule has 0 saturated heterocycles. The van der Waals surface area contributed by atoms with E-state index >= 15 is 0 Å². The average molecular weight is 286 g/mol. The molecule has 1 fully saturated rings. The Balaban J connectivity index is 2.02. The van der Waals surface area contributed by atoms with Gasteiger partial charge >= 0.3 is 6.03 Å². The van der Waals surface area contributed by atoms with E-state index in [1.54, 1.807) is 0 Å². The molecule has 1 saturated carbocycles. The fourth-order valence-corrected chi connectivity index (χ4v) is 2.22. The molecule has 0 spiro atoms. The van der Waals surface area contributed by atoms with Gasteiger partial charge in [-0.1, -0.05) is 0 Å². The van der Waals surface area contributed by atoms with Gasteiger partial charge in [0.05, 0.1) is 24.9 Å². The Morgan fingerprint density at radius 2 is 2.10 bits per heavy atom. The van der Waals surface area contributed by atoms with E-state index in [1.807, 2.05) is 0 Å². The van der Waals surface area contributed by atoms with Crippen LogP contribution < -0.4 is 15.4 Å². The standard InChI is InChI=1S/C13H16F2N2O3/c1-20-12-6-7(14)10(5-8(12)15)17-13(19)16-9-3-2-4-11(9)18/h5-6,9,11,18H,2-4H2,1H3,(H2,16,17,19)/t9-,11+/m1/s1. The smallest absolute Gasteiger partial charge is 0.319 e. The summed E-state index contributed by atoms with van der Waals surface area (Å²) in [6.45, 7) is 0. The quantitative estimate of drug-likeness (QED) is 0.796. The highest BCUT2D eigenvalue weighted by molar-refractivity contribution is 5.89. The van der Waals surface area contributed by atoms with Crippen molar-refractivity contribution in [3.63, 3.8) is 0 Å². The molecule has 2 amide bonds. The topological polar surface area (TPSA) is 70.6 Å². The van der Waals surface area contributed by atoms with Gasteiger partial charge in [0.15, 0.2) is 17.4 Å². The van der Waals surface area contributed by atoms with E-state index in [1.165, 1.54) is 7.11 Å². The molecular weight excluding hydrogens is 270 g/mol. The van der Waals surface area contributed by atoms with Crippen LogP contribution in [-0.2, 0) is 0 Å². The van der Waals surface area contributed by atoms with Crippen molar-refractivity contribution in [1.29, 1.82) is 0 Å². The van der Waals surface area contributed by atoms with Gasteiger partial charge in [-0.3, -0.25) is 0 Å². The maximum atomic E-state index is 13.6. The van der Waals surface area contributed by atoms with Gasteiger partial charge in [-0.05, 0) is 19.3 Å². The van der Waals surface area contributed by atoms with Crippen molar-refractivity contribution in [2.24, 2.45) is 0 Å². The van der Waals surface area contributed by atoms with Crippen LogP contribution in [-0.4, -0.2) is 30.4 Å². The number of methoxy groups -OCH3 is 1. The summed E-state index contributed by atoms with van der Waals surface area (Å²) < 4.78 is 31.7. The molecule has 7 heteroatoms. The van der Waals surface area contributed by atoms with Gasteiger partial charge in [-0.15, -0.1) is 0 Å². The fraction of sp³-hybridized carbons (Fsp3) is 0.462. The molecule has 3 N–H and O–H groups in total. The van der Waals surface area contributed by atoms with Crippen molar-refractivity contribution >= 4 is 11.7 Å². The molecule has 0 heterocycles. The van der Waals surface area contributed by atoms with Crippen molar-refractivity contribution in [3.05, 3.63) is 23.8 Å². The van der Waals surface area contributed by atoms with E-state index in [9.17, 15) is 18.7 Å². The second-order valence-corrected chi connectivity index (χ2v) is 4.67. The highest BCUT2D eigenvalue weighted by Crippen LogP contribution is 2.25. The summed E-state index contributed by atoms with van der Waals surface area (Å²) in [6, 6.07) is 0.661. The monoisotopic (exact) mass is 286 g/mol. The molecule has 5 nitrogen and oxygen atoms in total. The normalized spacial score (nSPS) is 21.6. The molecule has 0 aromatic heterocycles. The van der Waals surface area contributed by atoms with Gasteiger partial charge in [0.2, 0.25) is 0 Å². The number of carbonyl (C=O) groups excluding carboxylic acids is 1. The van der Waals surface area contributed by atoms with Crippen LogP contribution in [0.15, 0.2) is 12.1 Å². The average Bonchev–Trinajstić information content (AvgIpc) is 2.79. The lowest BCUT2D eigenvalue weighted by molar-refractivity contribution is 0.151. The lowest BCUT2D eigenvalue weighted by atomic mass is 10.2. The molecule has 2 atom stereocenters. The van der Waals surface area contributed by atoms with Crippen molar-refractivity contribution < 1.29 is 23.4 Å². The number of urea groups is 1. The molecule has 1 aliphatic rings. The summed E-state index contributed by atoms with van der Waals surface area (Å²) in [5.41, 5.74) is -0.284. The van der Waals surface area contributed by atoms with E-state index in [-0.39, 0.29) is 17.5 Å². The highest BCUT2D eigenvalue weighted by Gasteiger charge is 2.26. The van der Waals surface area contributed by atoms with Gasteiger partial charge in [-0.2, -0.15) is 0 Å². The Bertz CT molecular complexity index is 511. The molecule has 2 rings (SSSR count). The van der Waals surface area contributed by atoms with E-state index in [2.05, 4.69) is 15.4 Å². The molecule has 1 aromatic rings. The van der Waals surface area contributed by atoms with Crippen molar-refractivity contribution in [3.8, 4) is 5.75 Å². The summed E-state index contributed by atoms with van der Waals surface area (Å²) in [5, 5.41) is 14.3. The van der Waals surface area contributed by atoms with Crippen LogP contribution in [0.2, 0.25) is 0 Å². The number of anilines is 1. The maximum absolute atomic E-state index is 13.6. The van der Waals surface area contributed by atoms with E-state index in [0.29, 0.717) is 12.8 Å². The van der Waals surface area contributed by atoms with Crippen LogP contribution in [0.5, 0.6) is 5.75 Å². The molecule has 110 valence electrons. The molecule has 0 aliphatic heterocycles. The van der Waals surface area contributed by atoms with Gasteiger partial charge < -0.3 is 20.5 Å². The SMILES string of the molecule is COc1cc(F)c(NC(=O)N[C@@H]2CCC[C@@H]2O)cc1F. The number of nitrogens with one attached hydrogen (secondary N) is 2. The zero-order valence-electron chi connectivity index (χ0n) is 11.0. The second kappa shape index (κ2) is 6.04. The summed E-state index contributed by atoms with van der Waals surface area (Å²) in [4.78, 5) is 11.7. The minimum Gasteiger partial charge on any atom is -0.494 e. The first-order valence-corrected chi connectivity index (χ1v) is 6.30. The Morgan fingerprint density at radius 3 is 2.70 bits per heavy atom. The number of ether oxygens (including phenoxy) is 1. The number of hydrogen-bond acceptors (Lipinski definition) is 3. The number of halogens is 2. The Morgan fingerprint density at radius 1 is 1.35 bits per heavy atom. The van der Waals surface area contributed by atoms with Gasteiger partial charge in [0.1, 0.15) is 0 Å². The second-order valence-electron chi connectivity index (χ2n) is 4.67. The molecule has 0 unspecified atom stereocenters. The lowest BCUT2D eigenvalue weighted by Crippen LogP contribution is -2.42. The lowest BCUT2D eigenvalue weighted by Gasteiger charge is -2.17. The third kappa shape index (κ3) is 3.16. The van der Waals surface area contributed by atoms with Crippen molar-refractivity contribution in [2.45, 2.75) is 31.4 Å². The molecular formula is C13H16F2N2O3. The summed E-state index contributed by atoms with van der Waals surface area (Å²) in [6.07, 6.45) is 1.50. The zero-order valence-corrected chi connectivity index (χ0v) is 11.0. The minimum atomic E-state index is -0.801. The summed E-state index contributed by atoms with van der Waals surface area (Å²) in [7, 11) is 1.22. The predicted octanol–water partition coefficient (Wildman–Crippen LogP) is 2.01. The molecule has 1 aliphatic carbocycles. The number of hydrogen-bond donors (Lipinski definition) is 3. The van der Waals surface area contributed by atoms with Crippen LogP contribution in [0.3, 0.4) is 0 Å². The third-order valence-corrected chi connectivity index (χ3v) is 3.29. The fourth-order valence-electron chi connectivity index (χ4n) is 2.22. The van der Waals surface area contributed by atoms with Gasteiger partial charge in [-0.25, -0.2) is 13.6 Å². The number of amides is 2. The Hall–Kier alpha value is -1.89. The van der Waals surface area contributed by atoms with E-state index in [4.69, 9.17) is 0 Å². The van der Waals surface area contributed by atoms with Crippen LogP contribution >= 0.6 is 0 Å². The maximum Gasteiger partial charge on any atom is 0.319 e. The van der Waals surface area contributed by atoms with Crippen molar-refractivity contribution in [1.82, 2.24) is 5.32 Å². The summed E-state index contributed by atoms with van der Waals surface area (Å²) >= 11 is 0. The van der Waals surface area contributed by atoms with Crippen LogP contribution in [0, 0.1) is 11.6 Å². The molecule has 0 bridgehead atoms. The number of aliphatic hydroxyl groups is 1. The zero-order chi connectivity index (χ0) is 14.7. The first-order chi connectivity index (χ1) is 9.51. The summed E-state index contributed by atoms with van der Waals surface area (Å²) in [5.74, 6) is -1.81. The molecule has 20 heavy (non-hydrogen) atoms. The molecule has 0 radical (unpaired) electrons. The van der Waals surface area contributed by atoms with Crippen LogP contribution in [0.1, 0.15) is 19.3 Å². The van der Waals surface area contributed by atoms with Gasteiger partial charge in [0.25, 0.3) is 0 Å². The predicted molar refractivity (Wildman–Crippen MR) is 68.7 cm³/mol. The number of carbonyl (C=O) groups is 1. The van der Waals surface area contributed by atoms with E-state index in [0.717, 1.165) is 18.6 Å². The first-order valence-electron chi connectivity index (χ1n) is 6.30. The Kier molecular flexibility index (Phi) is 4.39. The number of benzene rings is 1. The third-order valence-electron chi connectivity index (χ3n) is 3.29. The van der Waals surface area contributed by atoms with Crippen LogP contribution in [0.4, 0.5) is 19.3 Å². The molecule has 1 aromatic carbocycles. The highest BCUT2D eigenvalue weighted by atomic mass is 19.1. The van der Waals surface area contributed by atoms with Crippen molar-refractivity contribution in [2.75, 3.05) is 12.4 Å². The first kappa shape index (κ1) is 14.5. The van der Waals surface area contributed by atoms with E-state index < -0.39 is 23.8 Å². The number of rotatable bonds is 3. The minimum absolute atomic E-state index is 0.236. The largest absolute Gasteiger partial charge is 0.494 e. The van der Waals surface area contributed by atoms with Crippen LogP contribution in [0.25, 0.3) is 0 Å². The number of aliphatic hydroxyl groups excluding tert-OH is 1. The van der Waals surface area contributed by atoms with Gasteiger partial charge in [0, 0.05) is 12.1 Å².